The Morgan fingerprint density at radius 3 is 2.05 bits per heavy atom. The maximum absolute atomic E-state index is 12.2. The molecule has 1 rings (SSSR count). The molecule has 0 aliphatic carbocycles. The van der Waals surface area contributed by atoms with Crippen molar-refractivity contribution in [1.29, 1.82) is 0 Å². The lowest BCUT2D eigenvalue weighted by Gasteiger charge is -2.38. The molecule has 1 atom stereocenters. The van der Waals surface area contributed by atoms with Crippen molar-refractivity contribution >= 4 is 16.0 Å². The van der Waals surface area contributed by atoms with Gasteiger partial charge in [-0.05, 0) is 34.1 Å². The van der Waals surface area contributed by atoms with Gasteiger partial charge in [0.15, 0.2) is 0 Å². The van der Waals surface area contributed by atoms with Gasteiger partial charge >= 0.3 is 5.97 Å². The van der Waals surface area contributed by atoms with Crippen LogP contribution in [-0.2, 0) is 19.6 Å². The van der Waals surface area contributed by atoms with Gasteiger partial charge in [-0.1, -0.05) is 6.92 Å². The Hall–Kier alpha value is -0.660. The zero-order valence-corrected chi connectivity index (χ0v) is 14.6. The van der Waals surface area contributed by atoms with Gasteiger partial charge < -0.3 is 4.74 Å². The molecule has 0 N–H and O–H groups in total. The Morgan fingerprint density at radius 1 is 1.14 bits per heavy atom. The van der Waals surface area contributed by atoms with Crippen LogP contribution in [0.3, 0.4) is 0 Å². The van der Waals surface area contributed by atoms with Gasteiger partial charge in [0.2, 0.25) is 10.0 Å². The molecular formula is C14H28N2O4S. The van der Waals surface area contributed by atoms with Crippen LogP contribution in [0.25, 0.3) is 0 Å². The average Bonchev–Trinajstić information content (AvgIpc) is 2.38. The average molecular weight is 320 g/mol. The summed E-state index contributed by atoms with van der Waals surface area (Å²) in [7, 11) is -3.14. The van der Waals surface area contributed by atoms with Crippen LogP contribution in [-0.4, -0.2) is 67.2 Å². The summed E-state index contributed by atoms with van der Waals surface area (Å²) in [6.45, 7) is 11.2. The number of sulfonamides is 1. The molecule has 0 bridgehead atoms. The van der Waals surface area contributed by atoms with E-state index in [0.29, 0.717) is 32.6 Å². The van der Waals surface area contributed by atoms with Crippen LogP contribution >= 0.6 is 0 Å². The molecule has 0 aromatic rings. The Balaban J connectivity index is 2.64. The molecule has 0 amide bonds. The lowest BCUT2D eigenvalue weighted by atomic mass is 10.1. The van der Waals surface area contributed by atoms with Crippen LogP contribution in [0, 0.1) is 0 Å². The standard InChI is InChI=1S/C14H28N2O4S/c1-6-12(13(17)20-14(3,4)5)15-8-10-16(11-9-15)21(18,19)7-2/h12H,6-11H2,1-5H3. The van der Waals surface area contributed by atoms with E-state index < -0.39 is 15.6 Å². The van der Waals surface area contributed by atoms with E-state index in [0.717, 1.165) is 0 Å². The smallest absolute Gasteiger partial charge is 0.323 e. The van der Waals surface area contributed by atoms with Crippen molar-refractivity contribution in [1.82, 2.24) is 9.21 Å². The maximum Gasteiger partial charge on any atom is 0.323 e. The largest absolute Gasteiger partial charge is 0.459 e. The Labute approximate surface area is 128 Å². The minimum absolute atomic E-state index is 0.121. The van der Waals surface area contributed by atoms with E-state index >= 15 is 0 Å². The number of carbonyl (C=O) groups excluding carboxylic acids is 1. The molecule has 6 nitrogen and oxygen atoms in total. The van der Waals surface area contributed by atoms with Crippen molar-refractivity contribution in [2.24, 2.45) is 0 Å². The van der Waals surface area contributed by atoms with E-state index in [1.165, 1.54) is 4.31 Å². The Bertz CT molecular complexity index is 448. The molecule has 21 heavy (non-hydrogen) atoms. The van der Waals surface area contributed by atoms with Gasteiger partial charge in [-0.15, -0.1) is 0 Å². The fourth-order valence-corrected chi connectivity index (χ4v) is 3.50. The van der Waals surface area contributed by atoms with E-state index in [2.05, 4.69) is 0 Å². The fourth-order valence-electron chi connectivity index (χ4n) is 2.42. The van der Waals surface area contributed by atoms with E-state index in [1.54, 1.807) is 6.92 Å². The van der Waals surface area contributed by atoms with Gasteiger partial charge in [0.25, 0.3) is 0 Å². The van der Waals surface area contributed by atoms with E-state index in [9.17, 15) is 13.2 Å². The van der Waals surface area contributed by atoms with Crippen LogP contribution in [0.5, 0.6) is 0 Å². The van der Waals surface area contributed by atoms with Gasteiger partial charge in [0, 0.05) is 26.2 Å². The second-order valence-corrected chi connectivity index (χ2v) is 8.55. The molecule has 1 aliphatic heterocycles. The summed E-state index contributed by atoms with van der Waals surface area (Å²) in [4.78, 5) is 14.3. The predicted octanol–water partition coefficient (Wildman–Crippen LogP) is 1.07. The predicted molar refractivity (Wildman–Crippen MR) is 82.5 cm³/mol. The number of esters is 1. The first-order valence-electron chi connectivity index (χ1n) is 7.55. The SMILES string of the molecule is CCC(C(=O)OC(C)(C)C)N1CCN(S(=O)(=O)CC)CC1. The van der Waals surface area contributed by atoms with Crippen molar-refractivity contribution in [3.05, 3.63) is 0 Å². The molecule has 124 valence electrons. The first kappa shape index (κ1) is 18.4. The lowest BCUT2D eigenvalue weighted by molar-refractivity contribution is -0.162. The van der Waals surface area contributed by atoms with Gasteiger partial charge in [0.05, 0.1) is 5.75 Å². The minimum Gasteiger partial charge on any atom is -0.459 e. The molecule has 7 heteroatoms. The van der Waals surface area contributed by atoms with E-state index in [1.807, 2.05) is 32.6 Å². The highest BCUT2D eigenvalue weighted by molar-refractivity contribution is 7.89. The third-order valence-corrected chi connectivity index (χ3v) is 5.42. The Kier molecular flexibility index (Phi) is 6.19. The van der Waals surface area contributed by atoms with Crippen molar-refractivity contribution in [2.45, 2.75) is 52.7 Å². The zero-order valence-electron chi connectivity index (χ0n) is 13.8. The molecular weight excluding hydrogens is 292 g/mol. The summed E-state index contributed by atoms with van der Waals surface area (Å²) in [5.41, 5.74) is -0.502. The zero-order chi connectivity index (χ0) is 16.3. The third kappa shape index (κ3) is 5.23. The lowest BCUT2D eigenvalue weighted by Crippen LogP contribution is -2.54. The molecule has 0 spiro atoms. The summed E-state index contributed by atoms with van der Waals surface area (Å²) in [5.74, 6) is -0.104. The number of hydrogen-bond donors (Lipinski definition) is 0. The molecule has 0 aromatic heterocycles. The van der Waals surface area contributed by atoms with Crippen LogP contribution in [0.15, 0.2) is 0 Å². The van der Waals surface area contributed by atoms with Gasteiger partial charge in [-0.25, -0.2) is 8.42 Å². The van der Waals surface area contributed by atoms with Gasteiger partial charge in [-0.3, -0.25) is 9.69 Å². The van der Waals surface area contributed by atoms with E-state index in [-0.39, 0.29) is 17.8 Å². The molecule has 0 saturated carbocycles. The molecule has 0 aromatic carbocycles. The van der Waals surface area contributed by atoms with Crippen LogP contribution < -0.4 is 0 Å². The van der Waals surface area contributed by atoms with Crippen LogP contribution in [0.4, 0.5) is 0 Å². The normalized spacial score (nSPS) is 20.2. The monoisotopic (exact) mass is 320 g/mol. The van der Waals surface area contributed by atoms with E-state index in [4.69, 9.17) is 4.74 Å². The third-order valence-electron chi connectivity index (χ3n) is 3.54. The Morgan fingerprint density at radius 2 is 1.67 bits per heavy atom. The van der Waals surface area contributed by atoms with Crippen LogP contribution in [0.2, 0.25) is 0 Å². The highest BCUT2D eigenvalue weighted by atomic mass is 32.2. The second kappa shape index (κ2) is 7.07. The topological polar surface area (TPSA) is 66.9 Å². The van der Waals surface area contributed by atoms with Gasteiger partial charge in [0.1, 0.15) is 11.6 Å². The summed E-state index contributed by atoms with van der Waals surface area (Å²) in [6, 6.07) is -0.296. The quantitative estimate of drug-likeness (QED) is 0.709. The number of rotatable bonds is 5. The molecule has 1 fully saturated rings. The number of piperazine rings is 1. The van der Waals surface area contributed by atoms with Crippen molar-refractivity contribution in [2.75, 3.05) is 31.9 Å². The molecule has 0 radical (unpaired) electrons. The van der Waals surface area contributed by atoms with Crippen molar-refractivity contribution in [3.8, 4) is 0 Å². The highest BCUT2D eigenvalue weighted by Gasteiger charge is 2.33. The highest BCUT2D eigenvalue weighted by Crippen LogP contribution is 2.16. The fraction of sp³-hybridized carbons (Fsp3) is 0.929. The summed E-state index contributed by atoms with van der Waals surface area (Å²) >= 11 is 0. The maximum atomic E-state index is 12.2. The minimum atomic E-state index is -3.14. The summed E-state index contributed by atoms with van der Waals surface area (Å²) in [6.07, 6.45) is 0.662. The molecule has 1 aliphatic rings. The number of carbonyl (C=O) groups is 1. The van der Waals surface area contributed by atoms with Crippen molar-refractivity contribution < 1.29 is 17.9 Å². The first-order valence-corrected chi connectivity index (χ1v) is 9.16. The summed E-state index contributed by atoms with van der Waals surface area (Å²) < 4.78 is 30.6. The number of hydrogen-bond acceptors (Lipinski definition) is 5. The first-order chi connectivity index (χ1) is 9.60. The van der Waals surface area contributed by atoms with Gasteiger partial charge in [-0.2, -0.15) is 4.31 Å². The molecule has 1 unspecified atom stereocenters. The van der Waals surface area contributed by atoms with Crippen LogP contribution in [0.1, 0.15) is 41.0 Å². The number of nitrogens with zero attached hydrogens (tertiary/aromatic N) is 2. The number of ether oxygens (including phenoxy) is 1. The molecule has 1 saturated heterocycles. The molecule has 1 heterocycles. The second-order valence-electron chi connectivity index (χ2n) is 6.29. The summed E-state index contributed by atoms with van der Waals surface area (Å²) in [5, 5.41) is 0. The van der Waals surface area contributed by atoms with Crippen molar-refractivity contribution in [3.63, 3.8) is 0 Å².